The van der Waals surface area contributed by atoms with Crippen LogP contribution in [0.4, 0.5) is 5.95 Å². The number of rotatable bonds is 9. The highest BCUT2D eigenvalue weighted by atomic mass is 32.2. The average Bonchev–Trinajstić information content (AvgIpc) is 3.08. The second-order valence-electron chi connectivity index (χ2n) is 10.2. The number of fused-ring (bicyclic) bond motifs is 1. The van der Waals surface area contributed by atoms with Crippen LogP contribution in [0.1, 0.15) is 37.5 Å². The summed E-state index contributed by atoms with van der Waals surface area (Å²) in [7, 11) is -6.03. The third-order valence-electron chi connectivity index (χ3n) is 6.22. The molecule has 35 heavy (non-hydrogen) atoms. The first-order valence-corrected chi connectivity index (χ1v) is 15.7. The number of hydrogen-bond donors (Lipinski definition) is 1. The van der Waals surface area contributed by atoms with Crippen molar-refractivity contribution in [3.8, 4) is 5.88 Å². The van der Waals surface area contributed by atoms with Gasteiger partial charge in [0.1, 0.15) is 11.6 Å². The van der Waals surface area contributed by atoms with Gasteiger partial charge in [-0.25, -0.2) is 4.98 Å². The highest BCUT2D eigenvalue weighted by molar-refractivity contribution is 7.87. The topological polar surface area (TPSA) is 131 Å². The van der Waals surface area contributed by atoms with Gasteiger partial charge in [0, 0.05) is 0 Å². The number of hydrogen-bond acceptors (Lipinski definition) is 9. The molecule has 0 aliphatic carbocycles. The van der Waals surface area contributed by atoms with E-state index < -0.39 is 18.4 Å². The molecule has 2 aromatic heterocycles. The molecule has 192 valence electrons. The fourth-order valence-electron chi connectivity index (χ4n) is 3.53. The van der Waals surface area contributed by atoms with Crippen molar-refractivity contribution >= 4 is 35.5 Å². The maximum atomic E-state index is 13.1. The maximum Gasteiger partial charge on any atom is 0.341 e. The number of imidazole rings is 1. The Bertz CT molecular complexity index is 1310. The summed E-state index contributed by atoms with van der Waals surface area (Å²) in [6.45, 7) is 17.3. The Morgan fingerprint density at radius 2 is 1.69 bits per heavy atom. The fourth-order valence-corrected chi connectivity index (χ4v) is 5.87. The number of anilines is 1. The summed E-state index contributed by atoms with van der Waals surface area (Å²) in [5.74, 6) is -0.366. The summed E-state index contributed by atoms with van der Waals surface area (Å²) in [6, 6.07) is 3.57. The third kappa shape index (κ3) is 6.00. The van der Waals surface area contributed by atoms with Gasteiger partial charge in [-0.05, 0) is 50.0 Å². The predicted octanol–water partition coefficient (Wildman–Crippen LogP) is 4.10. The molecule has 1 aromatic carbocycles. The highest BCUT2D eigenvalue weighted by Gasteiger charge is 2.36. The van der Waals surface area contributed by atoms with Crippen molar-refractivity contribution in [3.05, 3.63) is 35.2 Å². The van der Waals surface area contributed by atoms with Gasteiger partial charge in [-0.2, -0.15) is 18.4 Å². The molecule has 0 atom stereocenters. The molecule has 0 bridgehead atoms. The van der Waals surface area contributed by atoms with Crippen LogP contribution in [-0.4, -0.2) is 49.5 Å². The number of nitrogens with zero attached hydrogens (tertiary/aromatic N) is 4. The van der Waals surface area contributed by atoms with Crippen LogP contribution in [0.5, 0.6) is 5.88 Å². The van der Waals surface area contributed by atoms with Crippen molar-refractivity contribution < 1.29 is 21.8 Å². The van der Waals surface area contributed by atoms with Crippen LogP contribution in [-0.2, 0) is 26.0 Å². The maximum absolute atomic E-state index is 13.1. The SMILES string of the molecule is Cc1cc(C)c(S(=O)(=O)Oc2nc(N)nc3c2ncn3COCCO[Si](C)(C)C(C)(C)C)c(C)c1. The van der Waals surface area contributed by atoms with Crippen LogP contribution in [0.25, 0.3) is 11.2 Å². The molecule has 2 heterocycles. The Morgan fingerprint density at radius 1 is 1.06 bits per heavy atom. The van der Waals surface area contributed by atoms with E-state index in [4.69, 9.17) is 19.1 Å². The smallest absolute Gasteiger partial charge is 0.341 e. The number of nitrogen functional groups attached to an aromatic ring is 1. The largest absolute Gasteiger partial charge is 0.414 e. The summed E-state index contributed by atoms with van der Waals surface area (Å²) in [5, 5.41) is 0.119. The Hall–Kier alpha value is -2.54. The molecular formula is C23H35N5O5SSi. The van der Waals surface area contributed by atoms with Gasteiger partial charge in [-0.1, -0.05) is 38.5 Å². The molecule has 0 spiro atoms. The van der Waals surface area contributed by atoms with Crippen molar-refractivity contribution in [2.45, 2.75) is 71.3 Å². The van der Waals surface area contributed by atoms with Crippen molar-refractivity contribution in [2.24, 2.45) is 0 Å². The van der Waals surface area contributed by atoms with Crippen molar-refractivity contribution in [2.75, 3.05) is 18.9 Å². The summed E-state index contributed by atoms with van der Waals surface area (Å²) >= 11 is 0. The van der Waals surface area contributed by atoms with Gasteiger partial charge < -0.3 is 19.1 Å². The molecule has 0 saturated heterocycles. The minimum atomic E-state index is -4.18. The zero-order chi connectivity index (χ0) is 26.2. The Morgan fingerprint density at radius 3 is 2.29 bits per heavy atom. The lowest BCUT2D eigenvalue weighted by molar-refractivity contribution is 0.0525. The molecule has 3 rings (SSSR count). The molecule has 0 saturated carbocycles. The average molecular weight is 522 g/mol. The van der Waals surface area contributed by atoms with Crippen LogP contribution in [0.15, 0.2) is 23.4 Å². The Labute approximate surface area is 208 Å². The molecule has 0 aliphatic rings. The molecule has 0 fully saturated rings. The second-order valence-corrected chi connectivity index (χ2v) is 16.5. The third-order valence-corrected chi connectivity index (χ3v) is 12.3. The molecule has 2 N–H and O–H groups in total. The lowest BCUT2D eigenvalue weighted by Crippen LogP contribution is -2.41. The minimum Gasteiger partial charge on any atom is -0.414 e. The molecule has 0 aliphatic heterocycles. The molecule has 10 nitrogen and oxygen atoms in total. The predicted molar refractivity (Wildman–Crippen MR) is 137 cm³/mol. The number of aryl methyl sites for hydroxylation is 3. The molecule has 12 heteroatoms. The Balaban J connectivity index is 1.77. The molecule has 0 amide bonds. The lowest BCUT2D eigenvalue weighted by Gasteiger charge is -2.36. The minimum absolute atomic E-state index is 0.0953. The van der Waals surface area contributed by atoms with E-state index in [-0.39, 0.29) is 34.0 Å². The summed E-state index contributed by atoms with van der Waals surface area (Å²) in [6.07, 6.45) is 1.48. The van der Waals surface area contributed by atoms with Crippen LogP contribution < -0.4 is 9.92 Å². The first-order valence-electron chi connectivity index (χ1n) is 11.3. The highest BCUT2D eigenvalue weighted by Crippen LogP contribution is 2.36. The van der Waals surface area contributed by atoms with E-state index in [1.54, 1.807) is 30.5 Å². The van der Waals surface area contributed by atoms with Gasteiger partial charge in [0.2, 0.25) is 5.95 Å². The van der Waals surface area contributed by atoms with Crippen molar-refractivity contribution in [1.82, 2.24) is 19.5 Å². The van der Waals surface area contributed by atoms with Gasteiger partial charge in [-0.3, -0.25) is 4.57 Å². The van der Waals surface area contributed by atoms with E-state index in [0.717, 1.165) is 5.56 Å². The Kier molecular flexibility index (Phi) is 7.60. The number of ether oxygens (including phenoxy) is 1. The quantitative estimate of drug-likeness (QED) is 0.251. The molecule has 3 aromatic rings. The van der Waals surface area contributed by atoms with Gasteiger partial charge >= 0.3 is 10.1 Å². The monoisotopic (exact) mass is 521 g/mol. The van der Waals surface area contributed by atoms with Crippen LogP contribution >= 0.6 is 0 Å². The molecule has 0 unspecified atom stereocenters. The molecular weight excluding hydrogens is 486 g/mol. The van der Waals surface area contributed by atoms with E-state index in [1.165, 1.54) is 6.33 Å². The zero-order valence-corrected chi connectivity index (χ0v) is 23.5. The van der Waals surface area contributed by atoms with Crippen LogP contribution in [0.2, 0.25) is 18.1 Å². The first-order chi connectivity index (χ1) is 16.1. The summed E-state index contributed by atoms with van der Waals surface area (Å²) in [5.41, 5.74) is 8.47. The van der Waals surface area contributed by atoms with Crippen molar-refractivity contribution in [3.63, 3.8) is 0 Å². The summed E-state index contributed by atoms with van der Waals surface area (Å²) in [4.78, 5) is 12.6. The second kappa shape index (κ2) is 9.84. The number of aromatic nitrogens is 4. The standard InChI is InChI=1S/C23H35N5O5SSi/c1-15-11-16(2)19(17(3)12-15)34(29,30)33-21-18-20(26-22(24)27-21)28(13-25-18)14-31-9-10-32-35(7,8)23(4,5)6/h11-13H,9-10,14H2,1-8H3,(H2,24,26,27). The van der Waals surface area contributed by atoms with Crippen molar-refractivity contribution in [1.29, 1.82) is 0 Å². The van der Waals surface area contributed by atoms with E-state index >= 15 is 0 Å². The first kappa shape index (κ1) is 27.1. The molecule has 0 radical (unpaired) electrons. The van der Waals surface area contributed by atoms with Gasteiger partial charge in [0.05, 0.1) is 19.5 Å². The van der Waals surface area contributed by atoms with E-state index in [9.17, 15) is 8.42 Å². The van der Waals surface area contributed by atoms with Crippen LogP contribution in [0, 0.1) is 20.8 Å². The summed E-state index contributed by atoms with van der Waals surface area (Å²) < 4.78 is 45.1. The lowest BCUT2D eigenvalue weighted by atomic mass is 10.1. The normalized spacial score (nSPS) is 12.9. The zero-order valence-electron chi connectivity index (χ0n) is 21.7. The van der Waals surface area contributed by atoms with Gasteiger partial charge in [0.15, 0.2) is 19.5 Å². The van der Waals surface area contributed by atoms with Gasteiger partial charge in [-0.15, -0.1) is 0 Å². The van der Waals surface area contributed by atoms with E-state index in [2.05, 4.69) is 48.8 Å². The van der Waals surface area contributed by atoms with E-state index in [0.29, 0.717) is 30.0 Å². The fraction of sp³-hybridized carbons (Fsp3) is 0.522. The van der Waals surface area contributed by atoms with Crippen LogP contribution in [0.3, 0.4) is 0 Å². The number of nitrogens with two attached hydrogens (primary N) is 1. The van der Waals surface area contributed by atoms with Gasteiger partial charge in [0.25, 0.3) is 5.88 Å². The van der Waals surface area contributed by atoms with E-state index in [1.807, 2.05) is 6.92 Å². The number of benzene rings is 1.